The zero-order valence-electron chi connectivity index (χ0n) is 14.2. The van der Waals surface area contributed by atoms with Crippen molar-refractivity contribution in [2.75, 3.05) is 26.3 Å². The number of hydrogen-bond acceptors (Lipinski definition) is 4. The number of para-hydroxylation sites is 1. The second-order valence-corrected chi connectivity index (χ2v) is 7.23. The van der Waals surface area contributed by atoms with Crippen LogP contribution in [0.4, 0.5) is 4.79 Å². The number of likely N-dealkylation sites (tertiary alicyclic amines) is 1. The third-order valence-electron chi connectivity index (χ3n) is 4.10. The summed E-state index contributed by atoms with van der Waals surface area (Å²) in [5.74, 6) is 0.801. The summed E-state index contributed by atoms with van der Waals surface area (Å²) in [6.07, 6.45) is 1.12. The van der Waals surface area contributed by atoms with E-state index in [1.54, 1.807) is 4.90 Å². The molecule has 2 rings (SSSR count). The van der Waals surface area contributed by atoms with Crippen LogP contribution in [-0.2, 0) is 4.74 Å². The first-order valence-corrected chi connectivity index (χ1v) is 8.10. The summed E-state index contributed by atoms with van der Waals surface area (Å²) in [5.41, 5.74) is -0.784. The van der Waals surface area contributed by atoms with Gasteiger partial charge in [-0.1, -0.05) is 18.2 Å². The summed E-state index contributed by atoms with van der Waals surface area (Å²) in [6.45, 7) is 7.25. The lowest BCUT2D eigenvalue weighted by atomic mass is 9.80. The van der Waals surface area contributed by atoms with E-state index in [9.17, 15) is 9.90 Å². The van der Waals surface area contributed by atoms with Gasteiger partial charge in [-0.15, -0.1) is 0 Å². The van der Waals surface area contributed by atoms with Gasteiger partial charge in [0.15, 0.2) is 0 Å². The molecule has 1 heterocycles. The number of hydrogen-bond donors (Lipinski definition) is 1. The van der Waals surface area contributed by atoms with Crippen molar-refractivity contribution in [1.82, 2.24) is 4.90 Å². The molecule has 128 valence electrons. The Balaban J connectivity index is 1.88. The van der Waals surface area contributed by atoms with E-state index in [-0.39, 0.29) is 18.1 Å². The largest absolute Gasteiger partial charge is 0.493 e. The summed E-state index contributed by atoms with van der Waals surface area (Å²) < 4.78 is 11.2. The Morgan fingerprint density at radius 1 is 1.22 bits per heavy atom. The van der Waals surface area contributed by atoms with Crippen molar-refractivity contribution in [2.45, 2.75) is 39.2 Å². The Kier molecular flexibility index (Phi) is 5.52. The summed E-state index contributed by atoms with van der Waals surface area (Å²) in [5, 5.41) is 9.82. The fraction of sp³-hybridized carbons (Fsp3) is 0.611. The zero-order valence-corrected chi connectivity index (χ0v) is 14.2. The number of ether oxygens (including phenoxy) is 2. The minimum atomic E-state index is -0.487. The van der Waals surface area contributed by atoms with Crippen molar-refractivity contribution in [3.05, 3.63) is 30.3 Å². The summed E-state index contributed by atoms with van der Waals surface area (Å²) in [4.78, 5) is 13.8. The molecule has 0 atom stereocenters. The first-order valence-electron chi connectivity index (χ1n) is 8.10. The predicted octanol–water partition coefficient (Wildman–Crippen LogP) is 3.08. The van der Waals surface area contributed by atoms with Crippen LogP contribution in [0, 0.1) is 5.41 Å². The van der Waals surface area contributed by atoms with Crippen molar-refractivity contribution in [2.24, 2.45) is 5.41 Å². The molecule has 1 aliphatic rings. The number of nitrogens with zero attached hydrogens (tertiary/aromatic N) is 1. The smallest absolute Gasteiger partial charge is 0.410 e. The van der Waals surface area contributed by atoms with Crippen LogP contribution >= 0.6 is 0 Å². The first-order chi connectivity index (χ1) is 10.8. The molecule has 5 nitrogen and oxygen atoms in total. The normalized spacial score (nSPS) is 17.7. The van der Waals surface area contributed by atoms with Gasteiger partial charge in [-0.2, -0.15) is 0 Å². The van der Waals surface area contributed by atoms with E-state index in [2.05, 4.69) is 0 Å². The molecule has 0 spiro atoms. The number of benzene rings is 1. The number of carbonyl (C=O) groups excluding carboxylic acids is 1. The minimum absolute atomic E-state index is 0.0575. The fourth-order valence-corrected chi connectivity index (χ4v) is 2.59. The zero-order chi connectivity index (χ0) is 16.9. The molecule has 1 aromatic rings. The van der Waals surface area contributed by atoms with E-state index in [1.165, 1.54) is 0 Å². The molecule has 1 saturated heterocycles. The SMILES string of the molecule is CC(C)(C)OC(=O)N1CCC(CO)(COc2ccccc2)CC1. The summed E-state index contributed by atoms with van der Waals surface area (Å²) in [7, 11) is 0. The fourth-order valence-electron chi connectivity index (χ4n) is 2.59. The van der Waals surface area contributed by atoms with E-state index >= 15 is 0 Å². The lowest BCUT2D eigenvalue weighted by Gasteiger charge is -2.40. The van der Waals surface area contributed by atoms with Gasteiger partial charge < -0.3 is 19.5 Å². The van der Waals surface area contributed by atoms with E-state index in [0.29, 0.717) is 32.5 Å². The van der Waals surface area contributed by atoms with Crippen LogP contribution in [0.25, 0.3) is 0 Å². The van der Waals surface area contributed by atoms with Crippen LogP contribution in [0.1, 0.15) is 33.6 Å². The Hall–Kier alpha value is -1.75. The first kappa shape index (κ1) is 17.6. The van der Waals surface area contributed by atoms with E-state index < -0.39 is 5.60 Å². The van der Waals surface area contributed by atoms with Crippen molar-refractivity contribution >= 4 is 6.09 Å². The van der Waals surface area contributed by atoms with Gasteiger partial charge in [-0.3, -0.25) is 0 Å². The van der Waals surface area contributed by atoms with Crippen molar-refractivity contribution < 1.29 is 19.4 Å². The number of carbonyl (C=O) groups is 1. The van der Waals surface area contributed by atoms with Crippen molar-refractivity contribution in [3.63, 3.8) is 0 Å². The van der Waals surface area contributed by atoms with Gasteiger partial charge in [0.1, 0.15) is 11.4 Å². The lowest BCUT2D eigenvalue weighted by Crippen LogP contribution is -2.48. The number of aliphatic hydroxyl groups excluding tert-OH is 1. The quantitative estimate of drug-likeness (QED) is 0.926. The Morgan fingerprint density at radius 2 is 1.83 bits per heavy atom. The molecule has 1 N–H and O–H groups in total. The van der Waals surface area contributed by atoms with Gasteiger partial charge in [0.05, 0.1) is 13.2 Å². The van der Waals surface area contributed by atoms with Crippen LogP contribution in [0.3, 0.4) is 0 Å². The minimum Gasteiger partial charge on any atom is -0.493 e. The van der Waals surface area contributed by atoms with Gasteiger partial charge >= 0.3 is 6.09 Å². The monoisotopic (exact) mass is 321 g/mol. The molecule has 1 aromatic carbocycles. The van der Waals surface area contributed by atoms with Crippen molar-refractivity contribution in [3.8, 4) is 5.75 Å². The van der Waals surface area contributed by atoms with E-state index in [4.69, 9.17) is 9.47 Å². The number of amides is 1. The summed E-state index contributed by atoms with van der Waals surface area (Å²) >= 11 is 0. The van der Waals surface area contributed by atoms with Gasteiger partial charge in [0.25, 0.3) is 0 Å². The average molecular weight is 321 g/mol. The highest BCUT2D eigenvalue weighted by atomic mass is 16.6. The molecule has 0 aromatic heterocycles. The van der Waals surface area contributed by atoms with Gasteiger partial charge in [-0.05, 0) is 45.7 Å². The number of rotatable bonds is 4. The molecule has 0 unspecified atom stereocenters. The third-order valence-corrected chi connectivity index (χ3v) is 4.10. The molecular formula is C18H27NO4. The van der Waals surface area contributed by atoms with Gasteiger partial charge in [0.2, 0.25) is 0 Å². The molecule has 1 fully saturated rings. The molecule has 1 amide bonds. The summed E-state index contributed by atoms with van der Waals surface area (Å²) in [6, 6.07) is 9.59. The van der Waals surface area contributed by atoms with Gasteiger partial charge in [0, 0.05) is 18.5 Å². The van der Waals surface area contributed by atoms with Crippen LogP contribution in [0.15, 0.2) is 30.3 Å². The van der Waals surface area contributed by atoms with Crippen LogP contribution in [0.5, 0.6) is 5.75 Å². The molecule has 0 aliphatic carbocycles. The Morgan fingerprint density at radius 3 is 2.35 bits per heavy atom. The lowest BCUT2D eigenvalue weighted by molar-refractivity contribution is -0.0145. The maximum Gasteiger partial charge on any atom is 0.410 e. The number of aliphatic hydroxyl groups is 1. The Bertz CT molecular complexity index is 502. The molecule has 0 saturated carbocycles. The number of piperidine rings is 1. The maximum absolute atomic E-state index is 12.1. The second kappa shape index (κ2) is 7.21. The van der Waals surface area contributed by atoms with E-state index in [0.717, 1.165) is 5.75 Å². The average Bonchev–Trinajstić information content (AvgIpc) is 2.53. The maximum atomic E-state index is 12.1. The van der Waals surface area contributed by atoms with Crippen LogP contribution < -0.4 is 4.74 Å². The van der Waals surface area contributed by atoms with E-state index in [1.807, 2.05) is 51.1 Å². The third kappa shape index (κ3) is 5.13. The second-order valence-electron chi connectivity index (χ2n) is 7.23. The van der Waals surface area contributed by atoms with Gasteiger partial charge in [-0.25, -0.2) is 4.79 Å². The molecule has 23 heavy (non-hydrogen) atoms. The van der Waals surface area contributed by atoms with Crippen LogP contribution in [-0.4, -0.2) is 48.0 Å². The topological polar surface area (TPSA) is 59.0 Å². The molecular weight excluding hydrogens is 294 g/mol. The Labute approximate surface area is 138 Å². The highest BCUT2D eigenvalue weighted by molar-refractivity contribution is 5.68. The highest BCUT2D eigenvalue weighted by Gasteiger charge is 2.37. The predicted molar refractivity (Wildman–Crippen MR) is 88.5 cm³/mol. The standard InChI is InChI=1S/C18H27NO4/c1-17(2,3)23-16(21)19-11-9-18(13-20,10-12-19)14-22-15-7-5-4-6-8-15/h4-8,20H,9-14H2,1-3H3. The molecule has 1 aliphatic heterocycles. The molecule has 0 radical (unpaired) electrons. The molecule has 5 heteroatoms. The van der Waals surface area contributed by atoms with Crippen molar-refractivity contribution in [1.29, 1.82) is 0 Å². The van der Waals surface area contributed by atoms with Crippen LogP contribution in [0.2, 0.25) is 0 Å². The molecule has 0 bridgehead atoms. The highest BCUT2D eigenvalue weighted by Crippen LogP contribution is 2.32.